The van der Waals surface area contributed by atoms with Gasteiger partial charge >= 0.3 is 0 Å². The summed E-state index contributed by atoms with van der Waals surface area (Å²) in [7, 11) is 0. The topological polar surface area (TPSA) is 71.3 Å². The molecule has 0 N–H and O–H groups in total. The number of amides is 2. The van der Waals surface area contributed by atoms with Crippen LogP contribution in [0.3, 0.4) is 0 Å². The molecule has 1 fully saturated rings. The molecule has 0 atom stereocenters. The second-order valence-corrected chi connectivity index (χ2v) is 9.10. The summed E-state index contributed by atoms with van der Waals surface area (Å²) < 4.78 is 15.3. The predicted molar refractivity (Wildman–Crippen MR) is 128 cm³/mol. The Balaban J connectivity index is 1.35. The molecular weight excluding hydrogens is 477 g/mol. The highest BCUT2D eigenvalue weighted by Crippen LogP contribution is 2.26. The van der Waals surface area contributed by atoms with E-state index in [0.29, 0.717) is 48.3 Å². The van der Waals surface area contributed by atoms with Crippen molar-refractivity contribution in [2.24, 2.45) is 0 Å². The SMILES string of the molecule is O=C(c1ccc(Cl)cc1)N1CCN(C(=O)c2nc(-c3cccs3)n(-c3cccc(F)c3)n2)CC1. The van der Waals surface area contributed by atoms with Gasteiger partial charge in [-0.1, -0.05) is 23.7 Å². The molecule has 0 radical (unpaired) electrons. The molecule has 0 unspecified atom stereocenters. The fraction of sp³-hybridized carbons (Fsp3) is 0.167. The monoisotopic (exact) mass is 495 g/mol. The van der Waals surface area contributed by atoms with Gasteiger partial charge in [0.2, 0.25) is 5.82 Å². The van der Waals surface area contributed by atoms with Crippen molar-refractivity contribution in [3.05, 3.63) is 88.3 Å². The van der Waals surface area contributed by atoms with Crippen LogP contribution in [-0.4, -0.2) is 62.6 Å². The number of rotatable bonds is 4. The fourth-order valence-electron chi connectivity index (χ4n) is 3.78. The van der Waals surface area contributed by atoms with Crippen LogP contribution in [0.1, 0.15) is 21.0 Å². The number of halogens is 2. The lowest BCUT2D eigenvalue weighted by Gasteiger charge is -2.34. The summed E-state index contributed by atoms with van der Waals surface area (Å²) in [5.74, 6) is -0.325. The minimum Gasteiger partial charge on any atom is -0.335 e. The third-order valence-electron chi connectivity index (χ3n) is 5.54. The lowest BCUT2D eigenvalue weighted by Crippen LogP contribution is -2.50. The van der Waals surface area contributed by atoms with E-state index < -0.39 is 5.82 Å². The predicted octanol–water partition coefficient (Wildman–Crippen LogP) is 4.39. The van der Waals surface area contributed by atoms with E-state index >= 15 is 0 Å². The van der Waals surface area contributed by atoms with Crippen LogP contribution >= 0.6 is 22.9 Å². The molecule has 1 saturated heterocycles. The van der Waals surface area contributed by atoms with Crippen molar-refractivity contribution in [1.29, 1.82) is 0 Å². The van der Waals surface area contributed by atoms with Gasteiger partial charge < -0.3 is 9.80 Å². The van der Waals surface area contributed by atoms with E-state index in [4.69, 9.17) is 11.6 Å². The average molecular weight is 496 g/mol. The molecule has 2 aromatic heterocycles. The lowest BCUT2D eigenvalue weighted by atomic mass is 10.2. The van der Waals surface area contributed by atoms with Crippen LogP contribution < -0.4 is 0 Å². The van der Waals surface area contributed by atoms with Crippen LogP contribution in [0.15, 0.2) is 66.0 Å². The minimum atomic E-state index is -0.403. The van der Waals surface area contributed by atoms with Crippen molar-refractivity contribution in [2.45, 2.75) is 0 Å². The molecule has 5 rings (SSSR count). The third kappa shape index (κ3) is 4.44. The Bertz CT molecular complexity index is 1330. The Labute approximate surface area is 204 Å². The fourth-order valence-corrected chi connectivity index (χ4v) is 4.61. The number of aromatic nitrogens is 3. The number of piperazine rings is 1. The molecule has 10 heteroatoms. The highest BCUT2D eigenvalue weighted by atomic mass is 35.5. The standard InChI is InChI=1S/C24H19ClFN5O2S/c25-17-8-6-16(7-9-17)23(32)29-10-12-30(13-11-29)24(33)21-27-22(20-5-2-14-34-20)31(28-21)19-4-1-3-18(26)15-19/h1-9,14-15H,10-13H2. The van der Waals surface area contributed by atoms with Gasteiger partial charge in [-0.05, 0) is 53.9 Å². The maximum atomic E-state index is 13.9. The smallest absolute Gasteiger partial charge is 0.293 e. The molecule has 0 saturated carbocycles. The van der Waals surface area contributed by atoms with Crippen LogP contribution in [0.25, 0.3) is 16.4 Å². The van der Waals surface area contributed by atoms with E-state index in [1.165, 1.54) is 28.2 Å². The number of hydrogen-bond acceptors (Lipinski definition) is 5. The van der Waals surface area contributed by atoms with Crippen LogP contribution in [0.5, 0.6) is 0 Å². The average Bonchev–Trinajstić information content (AvgIpc) is 3.54. The Morgan fingerprint density at radius 2 is 1.62 bits per heavy atom. The number of hydrogen-bond donors (Lipinski definition) is 0. The molecule has 3 heterocycles. The molecule has 34 heavy (non-hydrogen) atoms. The highest BCUT2D eigenvalue weighted by Gasteiger charge is 2.29. The largest absolute Gasteiger partial charge is 0.335 e. The van der Waals surface area contributed by atoms with E-state index in [1.807, 2.05) is 17.5 Å². The first-order chi connectivity index (χ1) is 16.5. The van der Waals surface area contributed by atoms with Crippen LogP contribution in [-0.2, 0) is 0 Å². The van der Waals surface area contributed by atoms with Crippen molar-refractivity contribution in [3.8, 4) is 16.4 Å². The number of benzene rings is 2. The van der Waals surface area contributed by atoms with Gasteiger partial charge in [-0.3, -0.25) is 9.59 Å². The molecule has 0 spiro atoms. The first-order valence-corrected chi connectivity index (χ1v) is 11.9. The Morgan fingerprint density at radius 1 is 0.912 bits per heavy atom. The molecule has 0 aliphatic carbocycles. The maximum Gasteiger partial charge on any atom is 0.293 e. The quantitative estimate of drug-likeness (QED) is 0.421. The summed E-state index contributed by atoms with van der Waals surface area (Å²) in [4.78, 5) is 34.6. The van der Waals surface area contributed by atoms with E-state index in [1.54, 1.807) is 46.2 Å². The second-order valence-electron chi connectivity index (χ2n) is 7.72. The van der Waals surface area contributed by atoms with Gasteiger partial charge in [0.1, 0.15) is 5.82 Å². The maximum absolute atomic E-state index is 13.9. The van der Waals surface area contributed by atoms with Crippen molar-refractivity contribution < 1.29 is 14.0 Å². The van der Waals surface area contributed by atoms with Crippen LogP contribution in [0.4, 0.5) is 4.39 Å². The van der Waals surface area contributed by atoms with Gasteiger partial charge in [0, 0.05) is 36.8 Å². The third-order valence-corrected chi connectivity index (χ3v) is 6.66. The zero-order valence-electron chi connectivity index (χ0n) is 17.9. The van der Waals surface area contributed by atoms with Gasteiger partial charge in [-0.25, -0.2) is 14.1 Å². The van der Waals surface area contributed by atoms with Crippen molar-refractivity contribution in [1.82, 2.24) is 24.6 Å². The van der Waals surface area contributed by atoms with Gasteiger partial charge in [0.15, 0.2) is 5.82 Å². The first-order valence-electron chi connectivity index (χ1n) is 10.6. The molecule has 2 aromatic carbocycles. The van der Waals surface area contributed by atoms with Gasteiger partial charge in [0.05, 0.1) is 10.6 Å². The molecule has 4 aromatic rings. The Hall–Kier alpha value is -3.56. The summed E-state index contributed by atoms with van der Waals surface area (Å²) in [5.41, 5.74) is 1.04. The molecule has 0 bridgehead atoms. The van der Waals surface area contributed by atoms with Crippen molar-refractivity contribution in [2.75, 3.05) is 26.2 Å². The first kappa shape index (κ1) is 22.2. The van der Waals surface area contributed by atoms with Crippen LogP contribution in [0.2, 0.25) is 5.02 Å². The molecule has 7 nitrogen and oxygen atoms in total. The summed E-state index contributed by atoms with van der Waals surface area (Å²) in [6.07, 6.45) is 0. The molecule has 1 aliphatic heterocycles. The normalized spacial score (nSPS) is 13.8. The van der Waals surface area contributed by atoms with E-state index in [9.17, 15) is 14.0 Å². The zero-order valence-corrected chi connectivity index (χ0v) is 19.5. The summed E-state index contributed by atoms with van der Waals surface area (Å²) in [5, 5.41) is 6.89. The summed E-state index contributed by atoms with van der Waals surface area (Å²) in [6.45, 7) is 1.52. The summed E-state index contributed by atoms with van der Waals surface area (Å²) in [6, 6.07) is 16.5. The van der Waals surface area contributed by atoms with E-state index in [-0.39, 0.29) is 17.6 Å². The Kier molecular flexibility index (Phi) is 6.12. The molecule has 1 aliphatic rings. The van der Waals surface area contributed by atoms with Gasteiger partial charge in [-0.2, -0.15) is 0 Å². The van der Waals surface area contributed by atoms with Gasteiger partial charge in [0.25, 0.3) is 11.8 Å². The minimum absolute atomic E-state index is 0.0325. The van der Waals surface area contributed by atoms with Crippen LogP contribution in [0, 0.1) is 5.82 Å². The lowest BCUT2D eigenvalue weighted by molar-refractivity contribution is 0.0529. The zero-order chi connectivity index (χ0) is 23.7. The second kappa shape index (κ2) is 9.36. The molecule has 172 valence electrons. The van der Waals surface area contributed by atoms with Crippen molar-refractivity contribution >= 4 is 34.8 Å². The molecular formula is C24H19ClFN5O2S. The number of carbonyl (C=O) groups is 2. The highest BCUT2D eigenvalue weighted by molar-refractivity contribution is 7.13. The van der Waals surface area contributed by atoms with E-state index in [2.05, 4.69) is 10.1 Å². The molecule has 2 amide bonds. The Morgan fingerprint density at radius 3 is 2.26 bits per heavy atom. The van der Waals surface area contributed by atoms with Gasteiger partial charge in [-0.15, -0.1) is 16.4 Å². The van der Waals surface area contributed by atoms with E-state index in [0.717, 1.165) is 4.88 Å². The summed E-state index contributed by atoms with van der Waals surface area (Å²) >= 11 is 7.36. The number of carbonyl (C=O) groups excluding carboxylic acids is 2. The number of thiophene rings is 1. The van der Waals surface area contributed by atoms with Crippen molar-refractivity contribution in [3.63, 3.8) is 0 Å². The number of nitrogens with zero attached hydrogens (tertiary/aromatic N) is 5.